The summed E-state index contributed by atoms with van der Waals surface area (Å²) in [5.74, 6) is 1.06. The summed E-state index contributed by atoms with van der Waals surface area (Å²) in [6.07, 6.45) is -9.15. The lowest BCUT2D eigenvalue weighted by Gasteiger charge is -2.43. The molecule has 0 saturated carbocycles. The molecule has 0 N–H and O–H groups in total. The largest absolute Gasteiger partial charge is 0.434 e. The van der Waals surface area contributed by atoms with Gasteiger partial charge in [-0.3, -0.25) is 4.79 Å². The van der Waals surface area contributed by atoms with Gasteiger partial charge in [-0.1, -0.05) is 0 Å². The Labute approximate surface area is 230 Å². The number of amides is 1. The fourth-order valence-corrected chi connectivity index (χ4v) is 6.26. The zero-order chi connectivity index (χ0) is 29.0. The highest BCUT2D eigenvalue weighted by Crippen LogP contribution is 2.42. The normalized spacial score (nSPS) is 18.3. The highest BCUT2D eigenvalue weighted by atomic mass is 32.1. The maximum absolute atomic E-state index is 13.9. The Morgan fingerprint density at radius 3 is 2.35 bits per heavy atom. The van der Waals surface area contributed by atoms with E-state index in [1.807, 2.05) is 11.8 Å². The number of rotatable bonds is 4. The van der Waals surface area contributed by atoms with Gasteiger partial charge in [-0.15, -0.1) is 11.3 Å². The van der Waals surface area contributed by atoms with Crippen LogP contribution in [0.1, 0.15) is 41.0 Å². The van der Waals surface area contributed by atoms with Crippen molar-refractivity contribution < 1.29 is 31.1 Å². The van der Waals surface area contributed by atoms with Gasteiger partial charge in [-0.25, -0.2) is 14.6 Å². The predicted molar refractivity (Wildman–Crippen MR) is 136 cm³/mol. The zero-order valence-corrected chi connectivity index (χ0v) is 22.8. The molecule has 1 amide bonds. The van der Waals surface area contributed by atoms with Crippen LogP contribution in [0.4, 0.5) is 37.2 Å². The number of aromatic nitrogens is 4. The van der Waals surface area contributed by atoms with Crippen LogP contribution in [0.2, 0.25) is 0 Å². The van der Waals surface area contributed by atoms with Crippen LogP contribution < -0.4 is 9.80 Å². The summed E-state index contributed by atoms with van der Waals surface area (Å²) in [5.41, 5.74) is -0.598. The van der Waals surface area contributed by atoms with Crippen LogP contribution >= 0.6 is 11.3 Å². The van der Waals surface area contributed by atoms with Gasteiger partial charge in [0.1, 0.15) is 18.2 Å². The van der Waals surface area contributed by atoms with Crippen molar-refractivity contribution in [1.29, 1.82) is 0 Å². The van der Waals surface area contributed by atoms with E-state index >= 15 is 0 Å². The lowest BCUT2D eigenvalue weighted by molar-refractivity contribution is -0.141. The summed E-state index contributed by atoms with van der Waals surface area (Å²) < 4.78 is 82.6. The molecule has 2 aliphatic heterocycles. The molecule has 1 unspecified atom stereocenters. The van der Waals surface area contributed by atoms with Gasteiger partial charge in [0.25, 0.3) is 0 Å². The molecule has 1 aromatic carbocycles. The molecule has 0 radical (unpaired) electrons. The average molecular weight is 588 g/mol. The molecular weight excluding hydrogens is 560 g/mol. The van der Waals surface area contributed by atoms with Crippen LogP contribution in [-0.4, -0.2) is 62.8 Å². The molecule has 2 aliphatic rings. The SMILES string of the molecule is Cc1nc(C)n(CC(=O)N2CCN(c3ccc(C(F)(F)F)c4c3CN(c3nc(C(F)(F)F)cs3)CC4)CC2C)n1. The molecule has 3 aromatic rings. The van der Waals surface area contributed by atoms with Gasteiger partial charge in [0.2, 0.25) is 5.91 Å². The number of carbonyl (C=O) groups excluding carboxylic acids is 1. The molecule has 0 aliphatic carbocycles. The molecule has 216 valence electrons. The van der Waals surface area contributed by atoms with E-state index in [4.69, 9.17) is 0 Å². The van der Waals surface area contributed by atoms with Gasteiger partial charge in [0, 0.05) is 49.8 Å². The summed E-state index contributed by atoms with van der Waals surface area (Å²) in [6.45, 7) is 6.66. The molecule has 2 aromatic heterocycles. The third-order valence-electron chi connectivity index (χ3n) is 7.28. The van der Waals surface area contributed by atoms with Crippen LogP contribution in [0.5, 0.6) is 0 Å². The first-order valence-corrected chi connectivity index (χ1v) is 13.5. The van der Waals surface area contributed by atoms with E-state index in [2.05, 4.69) is 15.1 Å². The number of halogens is 6. The maximum atomic E-state index is 13.9. The standard InChI is InChI=1S/C25H27F6N7OS/c1-14-10-35(8-9-37(14)22(39)12-38-16(3)32-15(2)34-38)20-5-4-19(24(26,27)28)17-6-7-36(11-18(17)20)23-33-21(13-40-23)25(29,30)31/h4-5,13-14H,6-12H2,1-3H3. The predicted octanol–water partition coefficient (Wildman–Crippen LogP) is 4.69. The molecule has 0 spiro atoms. The van der Waals surface area contributed by atoms with Gasteiger partial charge >= 0.3 is 12.4 Å². The van der Waals surface area contributed by atoms with Crippen molar-refractivity contribution in [2.45, 2.75) is 58.7 Å². The number of hydrogen-bond acceptors (Lipinski definition) is 7. The minimum atomic E-state index is -4.60. The van der Waals surface area contributed by atoms with Crippen molar-refractivity contribution in [2.75, 3.05) is 36.0 Å². The van der Waals surface area contributed by atoms with Gasteiger partial charge in [-0.2, -0.15) is 31.4 Å². The van der Waals surface area contributed by atoms with Crippen molar-refractivity contribution in [3.8, 4) is 0 Å². The molecule has 8 nitrogen and oxygen atoms in total. The smallest absolute Gasteiger partial charge is 0.367 e. The number of hydrogen-bond donors (Lipinski definition) is 0. The summed E-state index contributed by atoms with van der Waals surface area (Å²) in [4.78, 5) is 26.2. The maximum Gasteiger partial charge on any atom is 0.434 e. The van der Waals surface area contributed by atoms with Crippen LogP contribution in [0, 0.1) is 13.8 Å². The highest BCUT2D eigenvalue weighted by Gasteiger charge is 2.39. The third kappa shape index (κ3) is 5.47. The molecule has 4 heterocycles. The Balaban J connectivity index is 1.39. The van der Waals surface area contributed by atoms with E-state index < -0.39 is 23.6 Å². The second-order valence-corrected chi connectivity index (χ2v) is 10.9. The molecule has 40 heavy (non-hydrogen) atoms. The molecule has 1 saturated heterocycles. The van der Waals surface area contributed by atoms with Crippen molar-refractivity contribution >= 4 is 28.1 Å². The Morgan fingerprint density at radius 2 is 1.75 bits per heavy atom. The van der Waals surface area contributed by atoms with Crippen molar-refractivity contribution in [3.63, 3.8) is 0 Å². The Bertz CT molecular complexity index is 1420. The number of piperazine rings is 1. The molecule has 0 bridgehead atoms. The van der Waals surface area contributed by atoms with Crippen molar-refractivity contribution in [1.82, 2.24) is 24.6 Å². The number of aryl methyl sites for hydroxylation is 2. The van der Waals surface area contributed by atoms with E-state index in [1.165, 1.54) is 6.07 Å². The fourth-order valence-electron chi connectivity index (χ4n) is 5.40. The Hall–Kier alpha value is -3.36. The molecule has 15 heteroatoms. The summed E-state index contributed by atoms with van der Waals surface area (Å²) >= 11 is 0.819. The lowest BCUT2D eigenvalue weighted by atomic mass is 9.91. The quantitative estimate of drug-likeness (QED) is 0.413. The topological polar surface area (TPSA) is 70.4 Å². The van der Waals surface area contributed by atoms with Crippen LogP contribution in [0.15, 0.2) is 17.5 Å². The van der Waals surface area contributed by atoms with Gasteiger partial charge < -0.3 is 14.7 Å². The molecular formula is C25H27F6N7OS. The van der Waals surface area contributed by atoms with E-state index in [9.17, 15) is 31.1 Å². The first-order valence-electron chi connectivity index (χ1n) is 12.6. The lowest BCUT2D eigenvalue weighted by Crippen LogP contribution is -2.55. The minimum absolute atomic E-state index is 0.00213. The zero-order valence-electron chi connectivity index (χ0n) is 22.0. The first kappa shape index (κ1) is 28.2. The molecule has 1 atom stereocenters. The van der Waals surface area contributed by atoms with Gasteiger partial charge in [0.15, 0.2) is 10.8 Å². The van der Waals surface area contributed by atoms with E-state index in [1.54, 1.807) is 28.3 Å². The van der Waals surface area contributed by atoms with Gasteiger partial charge in [-0.05, 0) is 50.5 Å². The van der Waals surface area contributed by atoms with E-state index in [0.29, 0.717) is 42.5 Å². The summed E-state index contributed by atoms with van der Waals surface area (Å²) in [5, 5.41) is 5.27. The number of fused-ring (bicyclic) bond motifs is 1. The monoisotopic (exact) mass is 587 g/mol. The number of benzene rings is 1. The number of nitrogens with zero attached hydrogens (tertiary/aromatic N) is 7. The fraction of sp³-hybridized carbons (Fsp3) is 0.520. The highest BCUT2D eigenvalue weighted by molar-refractivity contribution is 7.13. The van der Waals surface area contributed by atoms with Crippen LogP contribution in [-0.2, 0) is 36.7 Å². The number of anilines is 2. The average Bonchev–Trinajstić information content (AvgIpc) is 3.49. The molecule has 1 fully saturated rings. The van der Waals surface area contributed by atoms with Crippen LogP contribution in [0.25, 0.3) is 0 Å². The van der Waals surface area contributed by atoms with Crippen LogP contribution in [0.3, 0.4) is 0 Å². The summed E-state index contributed by atoms with van der Waals surface area (Å²) in [6, 6.07) is 2.27. The second kappa shape index (κ2) is 10.2. The second-order valence-electron chi connectivity index (χ2n) is 10.0. The van der Waals surface area contributed by atoms with E-state index in [-0.39, 0.29) is 48.7 Å². The Kier molecular flexibility index (Phi) is 7.21. The van der Waals surface area contributed by atoms with Crippen molar-refractivity contribution in [3.05, 3.63) is 51.5 Å². The van der Waals surface area contributed by atoms with E-state index in [0.717, 1.165) is 22.8 Å². The number of alkyl halides is 6. The third-order valence-corrected chi connectivity index (χ3v) is 8.18. The minimum Gasteiger partial charge on any atom is -0.367 e. The Morgan fingerprint density at radius 1 is 1.00 bits per heavy atom. The molecule has 5 rings (SSSR count). The summed E-state index contributed by atoms with van der Waals surface area (Å²) in [7, 11) is 0. The number of carbonyl (C=O) groups is 1. The van der Waals surface area contributed by atoms with Gasteiger partial charge in [0.05, 0.1) is 5.56 Å². The number of thiazole rings is 1. The first-order chi connectivity index (χ1) is 18.7. The van der Waals surface area contributed by atoms with Crippen molar-refractivity contribution in [2.24, 2.45) is 0 Å².